The standard InChI is InChI=1S/C29H25N3O3S3/c33-28-27(37-29(36)31(28)24-15-16-38(34,35)19-24)17-20-11-13-23(14-12-20)32-26(22-9-5-2-6-10-22)18-25(30-32)21-7-3-1-4-8-21/h1-14,17,24,26H,15-16,18-19H2/b27-17-. The number of amides is 1. The van der Waals surface area contributed by atoms with Crippen LogP contribution < -0.4 is 5.01 Å². The van der Waals surface area contributed by atoms with Gasteiger partial charge >= 0.3 is 0 Å². The molecule has 3 aliphatic rings. The van der Waals surface area contributed by atoms with Crippen LogP contribution in [-0.4, -0.2) is 46.8 Å². The molecule has 192 valence electrons. The lowest BCUT2D eigenvalue weighted by atomic mass is 9.98. The van der Waals surface area contributed by atoms with Gasteiger partial charge in [-0.05, 0) is 41.3 Å². The molecular formula is C29H25N3O3S3. The van der Waals surface area contributed by atoms with Crippen molar-refractivity contribution in [1.82, 2.24) is 4.90 Å². The van der Waals surface area contributed by atoms with Gasteiger partial charge in [0.1, 0.15) is 4.32 Å². The summed E-state index contributed by atoms with van der Waals surface area (Å²) in [4.78, 5) is 15.1. The van der Waals surface area contributed by atoms with Crippen molar-refractivity contribution in [2.75, 3.05) is 16.5 Å². The van der Waals surface area contributed by atoms with Gasteiger partial charge in [0.2, 0.25) is 0 Å². The van der Waals surface area contributed by atoms with Crippen molar-refractivity contribution < 1.29 is 13.2 Å². The molecule has 0 bridgehead atoms. The van der Waals surface area contributed by atoms with E-state index in [0.717, 1.165) is 28.9 Å². The number of carbonyl (C=O) groups is 1. The summed E-state index contributed by atoms with van der Waals surface area (Å²) in [5.74, 6) is -0.137. The van der Waals surface area contributed by atoms with Crippen molar-refractivity contribution in [2.24, 2.45) is 5.10 Å². The minimum absolute atomic E-state index is 0.0225. The SMILES string of the molecule is O=C1/C(=C/c2ccc(N3N=C(c4ccccc4)CC3c3ccccc3)cc2)SC(=S)N1C1CCS(=O)(=O)C1. The van der Waals surface area contributed by atoms with E-state index in [1.807, 2.05) is 66.7 Å². The van der Waals surface area contributed by atoms with E-state index < -0.39 is 9.84 Å². The zero-order chi connectivity index (χ0) is 26.3. The van der Waals surface area contributed by atoms with Crippen LogP contribution in [-0.2, 0) is 14.6 Å². The number of benzene rings is 3. The number of thioether (sulfide) groups is 1. The minimum atomic E-state index is -3.11. The van der Waals surface area contributed by atoms with Gasteiger partial charge in [-0.2, -0.15) is 5.10 Å². The molecule has 1 amide bonds. The number of hydrogen-bond acceptors (Lipinski definition) is 7. The zero-order valence-electron chi connectivity index (χ0n) is 20.4. The van der Waals surface area contributed by atoms with Crippen LogP contribution in [0.1, 0.15) is 35.6 Å². The fourth-order valence-electron chi connectivity index (χ4n) is 5.14. The summed E-state index contributed by atoms with van der Waals surface area (Å²) in [7, 11) is -3.11. The number of hydrogen-bond donors (Lipinski definition) is 0. The molecule has 2 saturated heterocycles. The van der Waals surface area contributed by atoms with Gasteiger partial charge in [0.25, 0.3) is 5.91 Å². The smallest absolute Gasteiger partial charge is 0.266 e. The Labute approximate surface area is 232 Å². The van der Waals surface area contributed by atoms with Crippen LogP contribution in [0.15, 0.2) is 94.9 Å². The predicted octanol–water partition coefficient (Wildman–Crippen LogP) is 5.43. The fraction of sp³-hybridized carbons (Fsp3) is 0.207. The first-order chi connectivity index (χ1) is 18.4. The minimum Gasteiger partial charge on any atom is -0.289 e. The summed E-state index contributed by atoms with van der Waals surface area (Å²) < 4.78 is 24.3. The van der Waals surface area contributed by atoms with Crippen molar-refractivity contribution in [2.45, 2.75) is 24.9 Å². The lowest BCUT2D eigenvalue weighted by molar-refractivity contribution is -0.123. The third-order valence-electron chi connectivity index (χ3n) is 7.05. The first kappa shape index (κ1) is 25.0. The number of thiocarbonyl (C=S) groups is 1. The molecule has 3 aliphatic heterocycles. The number of sulfone groups is 1. The highest BCUT2D eigenvalue weighted by Crippen LogP contribution is 2.38. The normalized spacial score (nSPS) is 23.9. The van der Waals surface area contributed by atoms with Crippen LogP contribution in [0.25, 0.3) is 6.08 Å². The van der Waals surface area contributed by atoms with Gasteiger partial charge in [-0.1, -0.05) is 96.8 Å². The molecule has 3 aromatic carbocycles. The van der Waals surface area contributed by atoms with Crippen LogP contribution in [0, 0.1) is 0 Å². The quantitative estimate of drug-likeness (QED) is 0.307. The van der Waals surface area contributed by atoms with E-state index in [0.29, 0.717) is 15.6 Å². The number of rotatable bonds is 5. The Hall–Kier alpha value is -3.27. The van der Waals surface area contributed by atoms with Gasteiger partial charge in [-0.25, -0.2) is 8.42 Å². The molecule has 0 radical (unpaired) electrons. The molecule has 0 aromatic heterocycles. The molecule has 3 aromatic rings. The Morgan fingerprint density at radius 2 is 1.63 bits per heavy atom. The van der Waals surface area contributed by atoms with E-state index in [1.165, 1.54) is 22.2 Å². The Bertz CT molecular complexity index is 1550. The molecule has 3 heterocycles. The first-order valence-corrected chi connectivity index (χ1v) is 15.5. The monoisotopic (exact) mass is 559 g/mol. The lowest BCUT2D eigenvalue weighted by Gasteiger charge is -2.24. The third-order valence-corrected chi connectivity index (χ3v) is 10.1. The molecule has 0 saturated carbocycles. The number of hydrazone groups is 1. The van der Waals surface area contributed by atoms with E-state index in [9.17, 15) is 13.2 Å². The maximum Gasteiger partial charge on any atom is 0.266 e. The Morgan fingerprint density at radius 1 is 0.947 bits per heavy atom. The molecule has 2 unspecified atom stereocenters. The maximum absolute atomic E-state index is 13.1. The second-order valence-corrected chi connectivity index (χ2v) is 13.5. The van der Waals surface area contributed by atoms with Crippen molar-refractivity contribution in [3.63, 3.8) is 0 Å². The lowest BCUT2D eigenvalue weighted by Crippen LogP contribution is -2.39. The molecule has 9 heteroatoms. The van der Waals surface area contributed by atoms with Gasteiger partial charge in [0.15, 0.2) is 9.84 Å². The molecule has 38 heavy (non-hydrogen) atoms. The van der Waals surface area contributed by atoms with E-state index >= 15 is 0 Å². The van der Waals surface area contributed by atoms with Crippen LogP contribution in [0.5, 0.6) is 0 Å². The van der Waals surface area contributed by atoms with E-state index in [-0.39, 0.29) is 29.5 Å². The second kappa shape index (κ2) is 10.1. The third kappa shape index (κ3) is 4.93. The van der Waals surface area contributed by atoms with Crippen LogP contribution in [0.3, 0.4) is 0 Å². The average molecular weight is 560 g/mol. The molecule has 0 spiro atoms. The van der Waals surface area contributed by atoms with Crippen molar-refractivity contribution >= 4 is 61.5 Å². The van der Waals surface area contributed by atoms with E-state index in [2.05, 4.69) is 29.3 Å². The van der Waals surface area contributed by atoms with Gasteiger partial charge < -0.3 is 0 Å². The number of nitrogens with zero attached hydrogens (tertiary/aromatic N) is 3. The topological polar surface area (TPSA) is 70.1 Å². The molecule has 6 nitrogen and oxygen atoms in total. The summed E-state index contributed by atoms with van der Waals surface area (Å²) in [5.41, 5.74) is 5.19. The molecule has 2 atom stereocenters. The highest BCUT2D eigenvalue weighted by Gasteiger charge is 2.42. The molecule has 0 N–H and O–H groups in total. The Kier molecular flexibility index (Phi) is 6.67. The first-order valence-electron chi connectivity index (χ1n) is 12.4. The Morgan fingerprint density at radius 3 is 2.29 bits per heavy atom. The largest absolute Gasteiger partial charge is 0.289 e. The Balaban J connectivity index is 1.25. The highest BCUT2D eigenvalue weighted by molar-refractivity contribution is 8.26. The van der Waals surface area contributed by atoms with Crippen LogP contribution >= 0.6 is 24.0 Å². The summed E-state index contributed by atoms with van der Waals surface area (Å²) in [5, 5.41) is 7.08. The van der Waals surface area contributed by atoms with Gasteiger partial charge in [-0.3, -0.25) is 14.7 Å². The van der Waals surface area contributed by atoms with Crippen LogP contribution in [0.4, 0.5) is 5.69 Å². The molecule has 2 fully saturated rings. The van der Waals surface area contributed by atoms with Crippen molar-refractivity contribution in [3.8, 4) is 0 Å². The average Bonchev–Trinajstić information content (AvgIpc) is 3.60. The molecule has 6 rings (SSSR count). The van der Waals surface area contributed by atoms with Crippen molar-refractivity contribution in [3.05, 3.63) is 107 Å². The van der Waals surface area contributed by atoms with E-state index in [4.69, 9.17) is 17.3 Å². The zero-order valence-corrected chi connectivity index (χ0v) is 22.9. The molecule has 0 aliphatic carbocycles. The summed E-state index contributed by atoms with van der Waals surface area (Å²) >= 11 is 6.67. The van der Waals surface area contributed by atoms with Gasteiger partial charge in [0.05, 0.1) is 39.9 Å². The predicted molar refractivity (Wildman–Crippen MR) is 158 cm³/mol. The summed E-state index contributed by atoms with van der Waals surface area (Å²) in [6.07, 6.45) is 3.06. The van der Waals surface area contributed by atoms with Gasteiger partial charge in [-0.15, -0.1) is 0 Å². The summed E-state index contributed by atoms with van der Waals surface area (Å²) in [6.45, 7) is 0. The van der Waals surface area contributed by atoms with Crippen molar-refractivity contribution in [1.29, 1.82) is 0 Å². The van der Waals surface area contributed by atoms with E-state index in [1.54, 1.807) is 0 Å². The highest BCUT2D eigenvalue weighted by atomic mass is 32.2. The second-order valence-electron chi connectivity index (χ2n) is 9.59. The van der Waals surface area contributed by atoms with Gasteiger partial charge in [0, 0.05) is 6.42 Å². The maximum atomic E-state index is 13.1. The van der Waals surface area contributed by atoms with Crippen LogP contribution in [0.2, 0.25) is 0 Å². The number of carbonyl (C=O) groups excluding carboxylic acids is 1. The fourth-order valence-corrected chi connectivity index (χ4v) is 8.24. The number of anilines is 1. The summed E-state index contributed by atoms with van der Waals surface area (Å²) in [6, 6.07) is 28.3. The molecular weight excluding hydrogens is 535 g/mol.